The van der Waals surface area contributed by atoms with E-state index in [-0.39, 0.29) is 17.8 Å². The van der Waals surface area contributed by atoms with Gasteiger partial charge < -0.3 is 16.2 Å². The smallest absolute Gasteiger partial charge is 0.271 e. The largest absolute Gasteiger partial charge is 0.381 e. The number of nitrogens with zero attached hydrogens (tertiary/aromatic N) is 2. The monoisotopic (exact) mass is 282 g/mol. The molecule has 1 heterocycles. The van der Waals surface area contributed by atoms with Crippen molar-refractivity contribution in [3.63, 3.8) is 0 Å². The zero-order chi connectivity index (χ0) is 15.1. The lowest BCUT2D eigenvalue weighted by Crippen LogP contribution is -2.40. The maximum absolute atomic E-state index is 11.8. The van der Waals surface area contributed by atoms with Crippen LogP contribution >= 0.6 is 0 Å². The van der Waals surface area contributed by atoms with Crippen LogP contribution in [-0.4, -0.2) is 39.4 Å². The molecule has 0 saturated heterocycles. The van der Waals surface area contributed by atoms with Crippen LogP contribution in [0.3, 0.4) is 0 Å². The van der Waals surface area contributed by atoms with Gasteiger partial charge in [-0.15, -0.1) is 0 Å². The number of hydrogen-bond acceptors (Lipinski definition) is 5. The minimum absolute atomic E-state index is 0.0392. The van der Waals surface area contributed by atoms with Gasteiger partial charge >= 0.3 is 0 Å². The molecule has 110 valence electrons. The first kappa shape index (κ1) is 15.8. The molecule has 4 N–H and O–H groups in total. The fourth-order valence-electron chi connectivity index (χ4n) is 1.42. The second-order valence-corrected chi connectivity index (χ2v) is 4.26. The zero-order valence-electron chi connectivity index (χ0n) is 11.2. The van der Waals surface area contributed by atoms with Gasteiger partial charge in [0, 0.05) is 12.6 Å². The number of aryl methyl sites for hydroxylation is 1. The molecule has 1 aromatic rings. The number of amides is 2. The number of nitrogens with one attached hydrogen (secondary N) is 1. The Morgan fingerprint density at radius 1 is 1.50 bits per heavy atom. The van der Waals surface area contributed by atoms with Gasteiger partial charge in [-0.1, -0.05) is 13.3 Å². The summed E-state index contributed by atoms with van der Waals surface area (Å²) in [7, 11) is 0. The molecule has 0 spiro atoms. The highest BCUT2D eigenvalue weighted by Gasteiger charge is 2.14. The summed E-state index contributed by atoms with van der Waals surface area (Å²) in [5.74, 6) is -1.51. The van der Waals surface area contributed by atoms with Crippen molar-refractivity contribution in [1.82, 2.24) is 15.1 Å². The van der Waals surface area contributed by atoms with E-state index >= 15 is 0 Å². The Kier molecular flexibility index (Phi) is 5.85. The van der Waals surface area contributed by atoms with Crippen molar-refractivity contribution in [1.29, 1.82) is 0 Å². The average Bonchev–Trinajstić information content (AvgIpc) is 2.43. The van der Waals surface area contributed by atoms with E-state index in [9.17, 15) is 19.5 Å². The molecule has 1 aromatic heterocycles. The number of rotatable bonds is 7. The number of carbonyl (C=O) groups excluding carboxylic acids is 2. The molecule has 0 saturated carbocycles. The molecule has 8 nitrogen and oxygen atoms in total. The molecule has 20 heavy (non-hydrogen) atoms. The third kappa shape index (κ3) is 4.47. The van der Waals surface area contributed by atoms with Crippen molar-refractivity contribution in [3.05, 3.63) is 28.2 Å². The van der Waals surface area contributed by atoms with Crippen LogP contribution in [0.25, 0.3) is 0 Å². The third-order valence-corrected chi connectivity index (χ3v) is 2.61. The van der Waals surface area contributed by atoms with E-state index in [1.807, 2.05) is 6.92 Å². The molecule has 0 aliphatic carbocycles. The number of aromatic nitrogens is 2. The number of unbranched alkanes of at least 4 members (excludes halogenated alkanes) is 1. The summed E-state index contributed by atoms with van der Waals surface area (Å²) in [4.78, 5) is 33.9. The van der Waals surface area contributed by atoms with Crippen LogP contribution in [0.5, 0.6) is 0 Å². The predicted octanol–water partition coefficient (Wildman–Crippen LogP) is -1.38. The quantitative estimate of drug-likeness (QED) is 0.568. The fraction of sp³-hybridized carbons (Fsp3) is 0.500. The number of carbonyl (C=O) groups is 2. The van der Waals surface area contributed by atoms with Crippen LogP contribution in [0.2, 0.25) is 0 Å². The van der Waals surface area contributed by atoms with Crippen molar-refractivity contribution in [2.45, 2.75) is 32.4 Å². The number of aliphatic hydroxyl groups is 1. The molecule has 0 aromatic carbocycles. The topological polar surface area (TPSA) is 127 Å². The Morgan fingerprint density at radius 3 is 2.80 bits per heavy atom. The van der Waals surface area contributed by atoms with E-state index in [2.05, 4.69) is 10.4 Å². The minimum Gasteiger partial charge on any atom is -0.381 e. The highest BCUT2D eigenvalue weighted by Crippen LogP contribution is 1.94. The number of aliphatic hydroxyl groups excluding tert-OH is 1. The molecule has 0 bridgehead atoms. The Morgan fingerprint density at radius 2 is 2.20 bits per heavy atom. The van der Waals surface area contributed by atoms with Crippen molar-refractivity contribution in [2.75, 3.05) is 6.54 Å². The van der Waals surface area contributed by atoms with Crippen LogP contribution in [0.1, 0.15) is 30.3 Å². The maximum Gasteiger partial charge on any atom is 0.271 e. The predicted molar refractivity (Wildman–Crippen MR) is 70.9 cm³/mol. The van der Waals surface area contributed by atoms with E-state index in [1.54, 1.807) is 0 Å². The van der Waals surface area contributed by atoms with Gasteiger partial charge in [0.15, 0.2) is 0 Å². The lowest BCUT2D eigenvalue weighted by atomic mass is 10.3. The molecule has 2 amide bonds. The van der Waals surface area contributed by atoms with Crippen LogP contribution < -0.4 is 16.6 Å². The van der Waals surface area contributed by atoms with E-state index < -0.39 is 17.9 Å². The molecular weight excluding hydrogens is 264 g/mol. The molecular formula is C12H18N4O4. The number of primary amides is 1. The van der Waals surface area contributed by atoms with Crippen LogP contribution in [0.15, 0.2) is 16.9 Å². The Hall–Kier alpha value is -2.22. The lowest BCUT2D eigenvalue weighted by Gasteiger charge is -2.09. The Balaban J connectivity index is 2.73. The van der Waals surface area contributed by atoms with Crippen molar-refractivity contribution in [3.8, 4) is 0 Å². The second kappa shape index (κ2) is 7.39. The van der Waals surface area contributed by atoms with Crippen molar-refractivity contribution < 1.29 is 14.7 Å². The minimum atomic E-state index is -1.45. The number of hydrogen-bond donors (Lipinski definition) is 3. The number of nitrogens with two attached hydrogens (primary N) is 1. The summed E-state index contributed by atoms with van der Waals surface area (Å²) in [5, 5.41) is 15.4. The summed E-state index contributed by atoms with van der Waals surface area (Å²) in [6, 6.07) is 2.54. The first-order chi connectivity index (χ1) is 9.45. The van der Waals surface area contributed by atoms with E-state index in [0.717, 1.165) is 12.8 Å². The first-order valence-electron chi connectivity index (χ1n) is 6.29. The van der Waals surface area contributed by atoms with E-state index in [1.165, 1.54) is 16.8 Å². The standard InChI is InChI=1S/C12H18N4O4/c1-2-3-6-16-10(18)5-4-8(15-16)12(20)14-7-9(17)11(13)19/h4-5,9,17H,2-3,6-7H2,1H3,(H2,13,19)(H,14,20). The van der Waals surface area contributed by atoms with Crippen LogP contribution in [0, 0.1) is 0 Å². The van der Waals surface area contributed by atoms with Gasteiger partial charge in [-0.3, -0.25) is 14.4 Å². The summed E-state index contributed by atoms with van der Waals surface area (Å²) in [6.45, 7) is 2.11. The summed E-state index contributed by atoms with van der Waals surface area (Å²) >= 11 is 0. The molecule has 0 aliphatic rings. The normalized spacial score (nSPS) is 11.9. The third-order valence-electron chi connectivity index (χ3n) is 2.61. The van der Waals surface area contributed by atoms with Gasteiger partial charge in [-0.05, 0) is 12.5 Å². The average molecular weight is 282 g/mol. The van der Waals surface area contributed by atoms with Gasteiger partial charge in [0.2, 0.25) is 5.91 Å². The zero-order valence-corrected chi connectivity index (χ0v) is 11.2. The summed E-state index contributed by atoms with van der Waals surface area (Å²) in [6.07, 6.45) is 0.221. The molecule has 0 fully saturated rings. The first-order valence-corrected chi connectivity index (χ1v) is 6.29. The SMILES string of the molecule is CCCCn1nc(C(=O)NCC(O)C(N)=O)ccc1=O. The van der Waals surface area contributed by atoms with Gasteiger partial charge in [-0.2, -0.15) is 5.10 Å². The van der Waals surface area contributed by atoms with Crippen LogP contribution in [-0.2, 0) is 11.3 Å². The van der Waals surface area contributed by atoms with Crippen LogP contribution in [0.4, 0.5) is 0 Å². The highest BCUT2D eigenvalue weighted by molar-refractivity contribution is 5.92. The van der Waals surface area contributed by atoms with Gasteiger partial charge in [0.25, 0.3) is 11.5 Å². The van der Waals surface area contributed by atoms with Crippen molar-refractivity contribution in [2.24, 2.45) is 5.73 Å². The molecule has 0 radical (unpaired) electrons. The molecule has 1 rings (SSSR count). The highest BCUT2D eigenvalue weighted by atomic mass is 16.3. The molecule has 1 unspecified atom stereocenters. The van der Waals surface area contributed by atoms with Crippen molar-refractivity contribution >= 4 is 11.8 Å². The van der Waals surface area contributed by atoms with Gasteiger partial charge in [-0.25, -0.2) is 4.68 Å². The summed E-state index contributed by atoms with van der Waals surface area (Å²) in [5.41, 5.74) is 4.61. The second-order valence-electron chi connectivity index (χ2n) is 4.26. The molecule has 8 heteroatoms. The van der Waals surface area contributed by atoms with E-state index in [0.29, 0.717) is 6.54 Å². The van der Waals surface area contributed by atoms with Gasteiger partial charge in [0.1, 0.15) is 11.8 Å². The van der Waals surface area contributed by atoms with Gasteiger partial charge in [0.05, 0.1) is 6.54 Å². The molecule has 1 atom stereocenters. The molecule has 0 aliphatic heterocycles. The Labute approximate surface area is 115 Å². The fourth-order valence-corrected chi connectivity index (χ4v) is 1.42. The Bertz CT molecular complexity index is 541. The lowest BCUT2D eigenvalue weighted by molar-refractivity contribution is -0.125. The van der Waals surface area contributed by atoms with E-state index in [4.69, 9.17) is 5.73 Å². The maximum atomic E-state index is 11.8. The summed E-state index contributed by atoms with van der Waals surface area (Å²) < 4.78 is 1.21.